The molecule has 1 atom stereocenters. The predicted octanol–water partition coefficient (Wildman–Crippen LogP) is -1.48. The summed E-state index contributed by atoms with van der Waals surface area (Å²) in [5.74, 6) is 0. The SMILES string of the molecule is CCCC(C)(O)c1cc[n+](C)cc1.[I-]. The van der Waals surface area contributed by atoms with Crippen LogP contribution in [-0.2, 0) is 12.6 Å². The first-order chi connectivity index (χ1) is 6.06. The highest BCUT2D eigenvalue weighted by atomic mass is 127. The molecule has 1 aromatic heterocycles. The smallest absolute Gasteiger partial charge is 0.168 e. The summed E-state index contributed by atoms with van der Waals surface area (Å²) in [6, 6.07) is 3.94. The number of hydrogen-bond acceptors (Lipinski definition) is 1. The lowest BCUT2D eigenvalue weighted by atomic mass is 9.92. The minimum atomic E-state index is -0.678. The Balaban J connectivity index is 0.00000169. The van der Waals surface area contributed by atoms with E-state index >= 15 is 0 Å². The molecule has 80 valence electrons. The third kappa shape index (κ3) is 3.53. The standard InChI is InChI=1S/C11H18NO.HI/c1-4-7-11(2,13)10-5-8-12(3)9-6-10;/h5-6,8-9,13H,4,7H2,1-3H3;1H/q+1;/p-1. The van der Waals surface area contributed by atoms with Crippen molar-refractivity contribution in [1.29, 1.82) is 0 Å². The van der Waals surface area contributed by atoms with Gasteiger partial charge in [0.25, 0.3) is 0 Å². The second-order valence-electron chi connectivity index (χ2n) is 3.78. The lowest BCUT2D eigenvalue weighted by Gasteiger charge is -2.22. The molecule has 0 aliphatic heterocycles. The number of halogens is 1. The fourth-order valence-electron chi connectivity index (χ4n) is 1.49. The monoisotopic (exact) mass is 307 g/mol. The van der Waals surface area contributed by atoms with Gasteiger partial charge in [0, 0.05) is 12.1 Å². The predicted molar refractivity (Wildman–Crippen MR) is 52.1 cm³/mol. The maximum Gasteiger partial charge on any atom is 0.168 e. The van der Waals surface area contributed by atoms with E-state index in [4.69, 9.17) is 0 Å². The summed E-state index contributed by atoms with van der Waals surface area (Å²) in [7, 11) is 1.97. The van der Waals surface area contributed by atoms with Gasteiger partial charge in [-0.05, 0) is 18.9 Å². The van der Waals surface area contributed by atoms with Crippen LogP contribution in [0.3, 0.4) is 0 Å². The Morgan fingerprint density at radius 1 is 1.36 bits per heavy atom. The van der Waals surface area contributed by atoms with E-state index in [2.05, 4.69) is 6.92 Å². The van der Waals surface area contributed by atoms with Crippen LogP contribution in [-0.4, -0.2) is 5.11 Å². The molecule has 0 saturated carbocycles. The van der Waals surface area contributed by atoms with E-state index in [0.29, 0.717) is 0 Å². The van der Waals surface area contributed by atoms with Crippen molar-refractivity contribution in [2.24, 2.45) is 7.05 Å². The normalized spacial score (nSPS) is 14.3. The largest absolute Gasteiger partial charge is 1.00 e. The Kier molecular flexibility index (Phi) is 5.59. The van der Waals surface area contributed by atoms with Crippen molar-refractivity contribution in [3.05, 3.63) is 30.1 Å². The minimum absolute atomic E-state index is 0. The lowest BCUT2D eigenvalue weighted by molar-refractivity contribution is -0.671. The molecular weight excluding hydrogens is 289 g/mol. The summed E-state index contributed by atoms with van der Waals surface area (Å²) < 4.78 is 1.96. The number of rotatable bonds is 3. The first kappa shape index (κ1) is 13.8. The van der Waals surface area contributed by atoms with E-state index in [1.807, 2.05) is 43.1 Å². The summed E-state index contributed by atoms with van der Waals surface area (Å²) >= 11 is 0. The second kappa shape index (κ2) is 5.66. The van der Waals surface area contributed by atoms with Gasteiger partial charge in [0.2, 0.25) is 0 Å². The molecule has 2 nitrogen and oxygen atoms in total. The molecule has 0 amide bonds. The maximum atomic E-state index is 10.1. The minimum Gasteiger partial charge on any atom is -1.00 e. The zero-order valence-electron chi connectivity index (χ0n) is 9.00. The third-order valence-electron chi connectivity index (χ3n) is 2.34. The van der Waals surface area contributed by atoms with Crippen LogP contribution in [0.4, 0.5) is 0 Å². The summed E-state index contributed by atoms with van der Waals surface area (Å²) in [4.78, 5) is 0. The Morgan fingerprint density at radius 3 is 2.29 bits per heavy atom. The first-order valence-electron chi connectivity index (χ1n) is 4.74. The molecule has 0 aromatic carbocycles. The lowest BCUT2D eigenvalue weighted by Crippen LogP contribution is -3.00. The van der Waals surface area contributed by atoms with E-state index in [1.165, 1.54) is 0 Å². The summed E-state index contributed by atoms with van der Waals surface area (Å²) in [6.07, 6.45) is 5.72. The third-order valence-corrected chi connectivity index (χ3v) is 2.34. The fraction of sp³-hybridized carbons (Fsp3) is 0.545. The molecular formula is C11H18INO. The van der Waals surface area contributed by atoms with Crippen molar-refractivity contribution in [3.63, 3.8) is 0 Å². The van der Waals surface area contributed by atoms with Crippen LogP contribution in [0.2, 0.25) is 0 Å². The van der Waals surface area contributed by atoms with Gasteiger partial charge in [-0.2, -0.15) is 0 Å². The van der Waals surface area contributed by atoms with Crippen LogP contribution in [0.25, 0.3) is 0 Å². The van der Waals surface area contributed by atoms with Gasteiger partial charge in [-0.3, -0.25) is 0 Å². The second-order valence-corrected chi connectivity index (χ2v) is 3.78. The van der Waals surface area contributed by atoms with Gasteiger partial charge >= 0.3 is 0 Å². The van der Waals surface area contributed by atoms with Crippen LogP contribution in [0.5, 0.6) is 0 Å². The van der Waals surface area contributed by atoms with Crippen molar-refractivity contribution in [3.8, 4) is 0 Å². The van der Waals surface area contributed by atoms with Crippen LogP contribution in [0, 0.1) is 0 Å². The maximum absolute atomic E-state index is 10.1. The Morgan fingerprint density at radius 2 is 1.86 bits per heavy atom. The van der Waals surface area contributed by atoms with Crippen LogP contribution in [0.1, 0.15) is 32.3 Å². The quantitative estimate of drug-likeness (QED) is 0.535. The highest BCUT2D eigenvalue weighted by Crippen LogP contribution is 2.24. The molecule has 0 fully saturated rings. The highest BCUT2D eigenvalue weighted by molar-refractivity contribution is 5.15. The molecule has 0 spiro atoms. The van der Waals surface area contributed by atoms with Crippen molar-refractivity contribution < 1.29 is 33.7 Å². The molecule has 1 heterocycles. The fourth-order valence-corrected chi connectivity index (χ4v) is 1.49. The van der Waals surface area contributed by atoms with Crippen molar-refractivity contribution in [2.45, 2.75) is 32.3 Å². The van der Waals surface area contributed by atoms with Crippen molar-refractivity contribution in [2.75, 3.05) is 0 Å². The number of aryl methyl sites for hydroxylation is 1. The highest BCUT2D eigenvalue weighted by Gasteiger charge is 2.22. The van der Waals surface area contributed by atoms with Gasteiger partial charge in [-0.15, -0.1) is 0 Å². The average molecular weight is 307 g/mol. The van der Waals surface area contributed by atoms with Crippen molar-refractivity contribution in [1.82, 2.24) is 0 Å². The Labute approximate surface area is 103 Å². The summed E-state index contributed by atoms with van der Waals surface area (Å²) in [6.45, 7) is 3.95. The van der Waals surface area contributed by atoms with E-state index in [9.17, 15) is 5.11 Å². The zero-order chi connectivity index (χ0) is 9.90. The molecule has 1 aromatic rings. The number of aromatic nitrogens is 1. The number of hydrogen-bond donors (Lipinski definition) is 1. The molecule has 0 bridgehead atoms. The van der Waals surface area contributed by atoms with Gasteiger partial charge in [-0.25, -0.2) is 4.57 Å². The molecule has 3 heteroatoms. The van der Waals surface area contributed by atoms with Gasteiger partial charge in [-0.1, -0.05) is 13.3 Å². The van der Waals surface area contributed by atoms with E-state index in [0.717, 1.165) is 18.4 Å². The average Bonchev–Trinajstić information content (AvgIpc) is 2.05. The van der Waals surface area contributed by atoms with Gasteiger partial charge in [0.1, 0.15) is 7.05 Å². The molecule has 0 aliphatic carbocycles. The van der Waals surface area contributed by atoms with E-state index in [1.54, 1.807) is 0 Å². The Hall–Kier alpha value is -0.160. The molecule has 0 radical (unpaired) electrons. The molecule has 0 aliphatic rings. The first-order valence-corrected chi connectivity index (χ1v) is 4.74. The van der Waals surface area contributed by atoms with E-state index in [-0.39, 0.29) is 24.0 Å². The molecule has 0 saturated heterocycles. The van der Waals surface area contributed by atoms with E-state index < -0.39 is 5.60 Å². The van der Waals surface area contributed by atoms with Gasteiger partial charge in [0.15, 0.2) is 12.4 Å². The zero-order valence-corrected chi connectivity index (χ0v) is 11.2. The molecule has 1 unspecified atom stereocenters. The van der Waals surface area contributed by atoms with Gasteiger partial charge in [0.05, 0.1) is 5.60 Å². The summed E-state index contributed by atoms with van der Waals surface area (Å²) in [5.41, 5.74) is 0.315. The van der Waals surface area contributed by atoms with Crippen LogP contribution in [0.15, 0.2) is 24.5 Å². The van der Waals surface area contributed by atoms with Crippen LogP contribution >= 0.6 is 0 Å². The topological polar surface area (TPSA) is 24.1 Å². The number of aliphatic hydroxyl groups is 1. The summed E-state index contributed by atoms with van der Waals surface area (Å²) in [5, 5.41) is 10.1. The Bertz CT molecular complexity index is 269. The molecule has 1 rings (SSSR count). The molecule has 1 N–H and O–H groups in total. The van der Waals surface area contributed by atoms with Gasteiger partial charge < -0.3 is 29.1 Å². The molecule has 14 heavy (non-hydrogen) atoms. The van der Waals surface area contributed by atoms with Crippen LogP contribution < -0.4 is 28.5 Å². The van der Waals surface area contributed by atoms with Crippen molar-refractivity contribution >= 4 is 0 Å². The number of pyridine rings is 1. The number of nitrogens with zero attached hydrogens (tertiary/aromatic N) is 1.